The van der Waals surface area contributed by atoms with Crippen LogP contribution < -0.4 is 5.32 Å². The highest BCUT2D eigenvalue weighted by Gasteiger charge is 2.10. The number of aromatic nitrogens is 1. The van der Waals surface area contributed by atoms with E-state index in [1.165, 1.54) is 12.1 Å². The monoisotopic (exact) mass is 302 g/mol. The Kier molecular flexibility index (Phi) is 3.62. The van der Waals surface area contributed by atoms with Crippen molar-refractivity contribution in [2.75, 3.05) is 0 Å². The number of para-hydroxylation sites is 1. The van der Waals surface area contributed by atoms with Gasteiger partial charge in [0.25, 0.3) is 5.91 Å². The van der Waals surface area contributed by atoms with Crippen LogP contribution in [0.2, 0.25) is 5.02 Å². The molecule has 2 aromatic carbocycles. The maximum atomic E-state index is 13.1. The normalized spacial score (nSPS) is 10.8. The van der Waals surface area contributed by atoms with E-state index in [2.05, 4.69) is 10.3 Å². The van der Waals surface area contributed by atoms with Gasteiger partial charge in [-0.2, -0.15) is 0 Å². The van der Waals surface area contributed by atoms with Crippen molar-refractivity contribution in [1.29, 1.82) is 0 Å². The fraction of sp³-hybridized carbons (Fsp3) is 0.0625. The molecule has 0 bridgehead atoms. The third kappa shape index (κ3) is 2.76. The zero-order valence-electron chi connectivity index (χ0n) is 11.0. The average molecular weight is 303 g/mol. The molecule has 1 amide bonds. The Morgan fingerprint density at radius 2 is 2.10 bits per heavy atom. The second kappa shape index (κ2) is 5.58. The number of H-pyrrole nitrogens is 1. The first-order valence-electron chi connectivity index (χ1n) is 6.43. The summed E-state index contributed by atoms with van der Waals surface area (Å²) in [6.45, 7) is 0.288. The number of hydrogen-bond donors (Lipinski definition) is 2. The van der Waals surface area contributed by atoms with Gasteiger partial charge < -0.3 is 10.3 Å². The lowest BCUT2D eigenvalue weighted by Crippen LogP contribution is -2.23. The van der Waals surface area contributed by atoms with E-state index >= 15 is 0 Å². The highest BCUT2D eigenvalue weighted by Crippen LogP contribution is 2.18. The Bertz CT molecular complexity index is 813. The van der Waals surface area contributed by atoms with E-state index in [9.17, 15) is 9.18 Å². The van der Waals surface area contributed by atoms with Gasteiger partial charge in [-0.25, -0.2) is 4.39 Å². The molecule has 0 unspecified atom stereocenters. The summed E-state index contributed by atoms with van der Waals surface area (Å²) < 4.78 is 13.1. The first-order valence-corrected chi connectivity index (χ1v) is 6.81. The third-order valence-electron chi connectivity index (χ3n) is 3.27. The molecule has 0 saturated heterocycles. The number of amides is 1. The molecular weight excluding hydrogens is 291 g/mol. The highest BCUT2D eigenvalue weighted by atomic mass is 35.5. The number of aromatic amines is 1. The zero-order valence-corrected chi connectivity index (χ0v) is 11.7. The van der Waals surface area contributed by atoms with Crippen molar-refractivity contribution in [3.63, 3.8) is 0 Å². The molecule has 0 saturated carbocycles. The van der Waals surface area contributed by atoms with Crippen molar-refractivity contribution in [3.05, 3.63) is 70.6 Å². The molecule has 106 valence electrons. The molecule has 0 fully saturated rings. The van der Waals surface area contributed by atoms with E-state index in [-0.39, 0.29) is 17.5 Å². The summed E-state index contributed by atoms with van der Waals surface area (Å²) in [4.78, 5) is 15.3. The fourth-order valence-corrected chi connectivity index (χ4v) is 2.40. The molecule has 0 spiro atoms. The van der Waals surface area contributed by atoms with Gasteiger partial charge in [0, 0.05) is 18.1 Å². The minimum absolute atomic E-state index is 0.0493. The highest BCUT2D eigenvalue weighted by molar-refractivity contribution is 6.30. The number of nitrogens with one attached hydrogen (secondary N) is 2. The minimum Gasteiger partial charge on any atom is -0.361 e. The van der Waals surface area contributed by atoms with E-state index in [0.717, 1.165) is 16.5 Å². The van der Waals surface area contributed by atoms with Crippen molar-refractivity contribution in [3.8, 4) is 0 Å². The van der Waals surface area contributed by atoms with Crippen LogP contribution in [0, 0.1) is 5.82 Å². The molecule has 3 rings (SSSR count). The van der Waals surface area contributed by atoms with Gasteiger partial charge >= 0.3 is 0 Å². The number of benzene rings is 2. The lowest BCUT2D eigenvalue weighted by molar-refractivity contribution is 0.0952. The maximum Gasteiger partial charge on any atom is 0.253 e. The Balaban J connectivity index is 1.77. The maximum absolute atomic E-state index is 13.1. The van der Waals surface area contributed by atoms with Gasteiger partial charge in [0.2, 0.25) is 0 Å². The molecule has 0 radical (unpaired) electrons. The van der Waals surface area contributed by atoms with Gasteiger partial charge in [0.1, 0.15) is 5.82 Å². The summed E-state index contributed by atoms with van der Waals surface area (Å²) in [6.07, 6.45) is 1.79. The first-order chi connectivity index (χ1) is 10.1. The topological polar surface area (TPSA) is 44.9 Å². The third-order valence-corrected chi connectivity index (χ3v) is 3.56. The van der Waals surface area contributed by atoms with Crippen molar-refractivity contribution in [1.82, 2.24) is 10.3 Å². The van der Waals surface area contributed by atoms with E-state index in [0.29, 0.717) is 5.56 Å². The molecule has 5 heteroatoms. The summed E-state index contributed by atoms with van der Waals surface area (Å²) in [7, 11) is 0. The zero-order chi connectivity index (χ0) is 14.8. The molecule has 0 aliphatic heterocycles. The van der Waals surface area contributed by atoms with E-state index < -0.39 is 5.82 Å². The summed E-state index contributed by atoms with van der Waals surface area (Å²) in [6, 6.07) is 11.8. The van der Waals surface area contributed by atoms with Crippen LogP contribution in [0.5, 0.6) is 0 Å². The predicted molar refractivity (Wildman–Crippen MR) is 80.9 cm³/mol. The molecule has 0 aliphatic carbocycles. The van der Waals surface area contributed by atoms with Gasteiger partial charge in [-0.05, 0) is 29.8 Å². The lowest BCUT2D eigenvalue weighted by Gasteiger charge is -2.07. The van der Waals surface area contributed by atoms with E-state index in [1.54, 1.807) is 18.3 Å². The molecule has 2 N–H and O–H groups in total. The average Bonchev–Trinajstić information content (AvgIpc) is 2.96. The number of halogens is 2. The Morgan fingerprint density at radius 1 is 1.24 bits per heavy atom. The predicted octanol–water partition coefficient (Wildman–Crippen LogP) is 3.89. The second-order valence-corrected chi connectivity index (χ2v) is 5.09. The molecule has 21 heavy (non-hydrogen) atoms. The van der Waals surface area contributed by atoms with Crippen LogP contribution in [0.1, 0.15) is 15.9 Å². The number of hydrogen-bond acceptors (Lipinski definition) is 1. The molecule has 3 nitrogen and oxygen atoms in total. The van der Waals surface area contributed by atoms with Crippen LogP contribution >= 0.6 is 11.6 Å². The largest absolute Gasteiger partial charge is 0.361 e. The summed E-state index contributed by atoms with van der Waals surface area (Å²) in [5, 5.41) is 3.83. The van der Waals surface area contributed by atoms with Crippen LogP contribution in [0.15, 0.2) is 48.7 Å². The van der Waals surface area contributed by atoms with Gasteiger partial charge in [-0.3, -0.25) is 4.79 Å². The summed E-state index contributed by atoms with van der Waals surface area (Å²) in [5.74, 6) is -0.661. The number of carbonyl (C=O) groups is 1. The van der Waals surface area contributed by atoms with Gasteiger partial charge in [-0.1, -0.05) is 29.8 Å². The molecular formula is C16H12ClFN2O. The van der Waals surface area contributed by atoms with Crippen LogP contribution in [0.3, 0.4) is 0 Å². The van der Waals surface area contributed by atoms with Crippen molar-refractivity contribution in [2.45, 2.75) is 6.54 Å². The summed E-state index contributed by atoms with van der Waals surface area (Å²) >= 11 is 5.72. The quantitative estimate of drug-likeness (QED) is 0.757. The Hall–Kier alpha value is -2.33. The molecule has 3 aromatic rings. The summed E-state index contributed by atoms with van der Waals surface area (Å²) in [5.41, 5.74) is 2.12. The van der Waals surface area contributed by atoms with Gasteiger partial charge in [-0.15, -0.1) is 0 Å². The van der Waals surface area contributed by atoms with Crippen LogP contribution in [-0.2, 0) is 6.54 Å². The van der Waals surface area contributed by atoms with Crippen LogP contribution in [0.25, 0.3) is 10.9 Å². The number of fused-ring (bicyclic) bond motifs is 1. The fourth-order valence-electron chi connectivity index (χ4n) is 2.20. The SMILES string of the molecule is O=C(NCc1ccc(F)c(Cl)c1)c1cccc2cc[nH]c12. The van der Waals surface area contributed by atoms with E-state index in [1.807, 2.05) is 18.2 Å². The molecule has 0 aliphatic rings. The molecule has 1 aromatic heterocycles. The number of rotatable bonds is 3. The first kappa shape index (κ1) is 13.6. The van der Waals surface area contributed by atoms with Crippen molar-refractivity contribution < 1.29 is 9.18 Å². The Labute approximate surface area is 125 Å². The standard InChI is InChI=1S/C16H12ClFN2O/c17-13-8-10(4-5-14(13)18)9-20-16(21)12-3-1-2-11-6-7-19-15(11)12/h1-8,19H,9H2,(H,20,21). The van der Waals surface area contributed by atoms with E-state index in [4.69, 9.17) is 11.6 Å². The van der Waals surface area contributed by atoms with Gasteiger partial charge in [0.05, 0.1) is 16.1 Å². The lowest BCUT2D eigenvalue weighted by atomic mass is 10.1. The minimum atomic E-state index is -0.470. The smallest absolute Gasteiger partial charge is 0.253 e. The van der Waals surface area contributed by atoms with Crippen LogP contribution in [-0.4, -0.2) is 10.9 Å². The molecule has 1 heterocycles. The molecule has 0 atom stereocenters. The second-order valence-electron chi connectivity index (χ2n) is 4.68. The Morgan fingerprint density at radius 3 is 2.90 bits per heavy atom. The number of carbonyl (C=O) groups excluding carboxylic acids is 1. The van der Waals surface area contributed by atoms with Gasteiger partial charge in [0.15, 0.2) is 0 Å². The van der Waals surface area contributed by atoms with Crippen LogP contribution in [0.4, 0.5) is 4.39 Å². The van der Waals surface area contributed by atoms with Crippen molar-refractivity contribution in [2.24, 2.45) is 0 Å². The van der Waals surface area contributed by atoms with Crippen molar-refractivity contribution >= 4 is 28.4 Å².